The largest absolute Gasteiger partial charge is 0.289 e. The van der Waals surface area contributed by atoms with Crippen LogP contribution in [0.3, 0.4) is 0 Å². The summed E-state index contributed by atoms with van der Waals surface area (Å²) < 4.78 is 0. The Morgan fingerprint density at radius 2 is 1.52 bits per heavy atom. The molecule has 1 heterocycles. The van der Waals surface area contributed by atoms with Crippen LogP contribution in [-0.2, 0) is 0 Å². The summed E-state index contributed by atoms with van der Waals surface area (Å²) >= 11 is 0. The number of carbonyl (C=O) groups is 2. The summed E-state index contributed by atoms with van der Waals surface area (Å²) in [4.78, 5) is 33.7. The Bertz CT molecular complexity index is 915. The molecule has 0 atom stereocenters. The number of hydrazine groups is 1. The number of amidine groups is 1. The quantitative estimate of drug-likeness (QED) is 0.688. The number of nitrogens with zero attached hydrogens (tertiary/aromatic N) is 3. The van der Waals surface area contributed by atoms with E-state index in [-0.39, 0.29) is 18.2 Å². The molecule has 0 amide bonds. The minimum atomic E-state index is -0.190. The number of ketones is 2. The molecule has 2 aromatic carbocycles. The van der Waals surface area contributed by atoms with Gasteiger partial charge < -0.3 is 0 Å². The summed E-state index contributed by atoms with van der Waals surface area (Å²) in [6.45, 7) is 0.251. The van der Waals surface area contributed by atoms with Gasteiger partial charge in [-0.3, -0.25) is 19.6 Å². The molecule has 0 saturated heterocycles. The van der Waals surface area contributed by atoms with Gasteiger partial charge in [0.25, 0.3) is 0 Å². The van der Waals surface area contributed by atoms with Crippen LogP contribution in [0.2, 0.25) is 0 Å². The zero-order valence-electron chi connectivity index (χ0n) is 12.1. The normalized spacial score (nSPS) is 16.0. The summed E-state index contributed by atoms with van der Waals surface area (Å²) in [7, 11) is 0. The average Bonchev–Trinajstić information content (AvgIpc) is 2.59. The Morgan fingerprint density at radius 3 is 2.26 bits per heavy atom. The molecule has 4 rings (SSSR count). The molecule has 0 unspecified atom stereocenters. The molecule has 0 fully saturated rings. The molecule has 0 radical (unpaired) electrons. The van der Waals surface area contributed by atoms with Gasteiger partial charge in [0, 0.05) is 27.8 Å². The molecular formula is C17H12N4O2. The maximum absolute atomic E-state index is 12.9. The number of carbonyl (C=O) groups excluding carboxylic acids is 2. The van der Waals surface area contributed by atoms with Crippen molar-refractivity contribution in [3.8, 4) is 0 Å². The Labute approximate surface area is 131 Å². The molecule has 2 aromatic rings. The van der Waals surface area contributed by atoms with Crippen LogP contribution in [-0.4, -0.2) is 35.4 Å². The molecule has 2 aliphatic rings. The molecule has 23 heavy (non-hydrogen) atoms. The van der Waals surface area contributed by atoms with Crippen LogP contribution in [0, 0.1) is 0 Å². The molecule has 0 bridgehead atoms. The van der Waals surface area contributed by atoms with Gasteiger partial charge >= 0.3 is 0 Å². The van der Waals surface area contributed by atoms with Crippen molar-refractivity contribution in [2.24, 2.45) is 15.8 Å². The second-order valence-electron chi connectivity index (χ2n) is 5.29. The lowest BCUT2D eigenvalue weighted by Gasteiger charge is -2.25. The Hall–Kier alpha value is -3.12. The SMILES string of the molecule is NN1CN=CN=C1c1cccc2c1C(=O)c1ccccc1C2=O. The van der Waals surface area contributed by atoms with E-state index in [0.717, 1.165) is 0 Å². The van der Waals surface area contributed by atoms with Gasteiger partial charge in [0.05, 0.1) is 0 Å². The first-order valence-corrected chi connectivity index (χ1v) is 7.08. The van der Waals surface area contributed by atoms with E-state index >= 15 is 0 Å². The maximum atomic E-state index is 12.9. The lowest BCUT2D eigenvalue weighted by atomic mass is 9.81. The van der Waals surface area contributed by atoms with Crippen molar-refractivity contribution in [1.82, 2.24) is 5.01 Å². The summed E-state index contributed by atoms with van der Waals surface area (Å²) in [5, 5.41) is 1.36. The number of hydrogen-bond donors (Lipinski definition) is 1. The van der Waals surface area contributed by atoms with Gasteiger partial charge in [-0.05, 0) is 0 Å². The monoisotopic (exact) mass is 304 g/mol. The first-order chi connectivity index (χ1) is 11.2. The summed E-state index contributed by atoms with van der Waals surface area (Å²) in [6, 6.07) is 12.0. The van der Waals surface area contributed by atoms with Gasteiger partial charge in [0.2, 0.25) is 0 Å². The second kappa shape index (κ2) is 4.96. The van der Waals surface area contributed by atoms with Gasteiger partial charge in [-0.25, -0.2) is 10.8 Å². The number of hydrogen-bond acceptors (Lipinski definition) is 6. The molecule has 6 heteroatoms. The first kappa shape index (κ1) is 13.5. The number of nitrogens with two attached hydrogens (primary N) is 1. The fourth-order valence-electron chi connectivity index (χ4n) is 2.92. The van der Waals surface area contributed by atoms with Crippen LogP contribution in [0.25, 0.3) is 0 Å². The molecule has 6 nitrogen and oxygen atoms in total. The highest BCUT2D eigenvalue weighted by molar-refractivity contribution is 6.31. The number of aliphatic imine (C=N–C) groups is 2. The second-order valence-corrected chi connectivity index (χ2v) is 5.29. The Balaban J connectivity index is 1.98. The number of benzene rings is 2. The molecule has 2 N–H and O–H groups in total. The van der Waals surface area contributed by atoms with Crippen LogP contribution in [0.5, 0.6) is 0 Å². The van der Waals surface area contributed by atoms with Crippen LogP contribution in [0.15, 0.2) is 52.4 Å². The smallest absolute Gasteiger partial charge is 0.195 e. The first-order valence-electron chi connectivity index (χ1n) is 7.08. The van der Waals surface area contributed by atoms with Crippen molar-refractivity contribution in [1.29, 1.82) is 0 Å². The van der Waals surface area contributed by atoms with E-state index in [0.29, 0.717) is 33.7 Å². The highest BCUT2D eigenvalue weighted by atomic mass is 16.1. The van der Waals surface area contributed by atoms with E-state index in [2.05, 4.69) is 9.98 Å². The van der Waals surface area contributed by atoms with Crippen molar-refractivity contribution in [2.45, 2.75) is 0 Å². The highest BCUT2D eigenvalue weighted by Crippen LogP contribution is 2.30. The lowest BCUT2D eigenvalue weighted by molar-refractivity contribution is 0.0979. The van der Waals surface area contributed by atoms with Gasteiger partial charge in [0.1, 0.15) is 13.0 Å². The Kier molecular flexibility index (Phi) is 2.92. The van der Waals surface area contributed by atoms with E-state index in [9.17, 15) is 9.59 Å². The van der Waals surface area contributed by atoms with Crippen molar-refractivity contribution < 1.29 is 9.59 Å². The van der Waals surface area contributed by atoms with Crippen molar-refractivity contribution >= 4 is 23.7 Å². The zero-order chi connectivity index (χ0) is 16.0. The van der Waals surface area contributed by atoms with Gasteiger partial charge in [-0.1, -0.05) is 42.5 Å². The van der Waals surface area contributed by atoms with Gasteiger partial charge in [0.15, 0.2) is 17.4 Å². The topological polar surface area (TPSA) is 88.1 Å². The molecule has 1 aliphatic heterocycles. The molecule has 0 aromatic heterocycles. The average molecular weight is 304 g/mol. The standard InChI is InChI=1S/C17H12N4O2/c18-21-9-19-8-20-17(21)13-7-3-6-12-14(13)16(23)11-5-2-1-4-10(11)15(12)22/h1-8H,9,18H2. The third-order valence-corrected chi connectivity index (χ3v) is 3.96. The van der Waals surface area contributed by atoms with E-state index in [1.165, 1.54) is 11.3 Å². The van der Waals surface area contributed by atoms with Crippen LogP contribution in [0.1, 0.15) is 37.4 Å². The molecule has 112 valence electrons. The summed E-state index contributed by atoms with van der Waals surface area (Å²) in [5.74, 6) is 5.99. The van der Waals surface area contributed by atoms with Gasteiger partial charge in [-0.2, -0.15) is 0 Å². The molecule has 0 saturated carbocycles. The van der Waals surface area contributed by atoms with E-state index in [1.54, 1.807) is 42.5 Å². The third kappa shape index (κ3) is 1.92. The molecule has 0 spiro atoms. The maximum Gasteiger partial charge on any atom is 0.195 e. The van der Waals surface area contributed by atoms with Crippen molar-refractivity contribution in [3.05, 3.63) is 70.3 Å². The minimum Gasteiger partial charge on any atom is -0.289 e. The summed E-state index contributed by atoms with van der Waals surface area (Å²) in [5.41, 5.74) is 2.11. The predicted molar refractivity (Wildman–Crippen MR) is 85.7 cm³/mol. The Morgan fingerprint density at radius 1 is 0.870 bits per heavy atom. The minimum absolute atomic E-state index is 0.161. The summed E-state index contributed by atoms with van der Waals surface area (Å²) in [6.07, 6.45) is 1.40. The van der Waals surface area contributed by atoms with Crippen LogP contribution < -0.4 is 5.84 Å². The number of fused-ring (bicyclic) bond motifs is 2. The number of rotatable bonds is 1. The molecular weight excluding hydrogens is 292 g/mol. The van der Waals surface area contributed by atoms with Gasteiger partial charge in [-0.15, -0.1) is 0 Å². The predicted octanol–water partition coefficient (Wildman–Crippen LogP) is 1.38. The third-order valence-electron chi connectivity index (χ3n) is 3.96. The fourth-order valence-corrected chi connectivity index (χ4v) is 2.92. The highest BCUT2D eigenvalue weighted by Gasteiger charge is 2.33. The van der Waals surface area contributed by atoms with E-state index in [4.69, 9.17) is 5.84 Å². The fraction of sp³-hybridized carbons (Fsp3) is 0.0588. The van der Waals surface area contributed by atoms with Crippen LogP contribution in [0.4, 0.5) is 0 Å². The zero-order valence-corrected chi connectivity index (χ0v) is 12.1. The van der Waals surface area contributed by atoms with E-state index < -0.39 is 0 Å². The van der Waals surface area contributed by atoms with E-state index in [1.807, 2.05) is 0 Å². The van der Waals surface area contributed by atoms with Crippen molar-refractivity contribution in [2.75, 3.05) is 6.67 Å². The van der Waals surface area contributed by atoms with Crippen molar-refractivity contribution in [3.63, 3.8) is 0 Å². The lowest BCUT2D eigenvalue weighted by Crippen LogP contribution is -2.41. The van der Waals surface area contributed by atoms with Crippen LogP contribution >= 0.6 is 0 Å². The molecule has 1 aliphatic carbocycles.